The van der Waals surface area contributed by atoms with Crippen molar-refractivity contribution in [1.29, 1.82) is 0 Å². The van der Waals surface area contributed by atoms with Crippen molar-refractivity contribution in [3.05, 3.63) is 162 Å². The zero-order valence-corrected chi connectivity index (χ0v) is 37.0. The lowest BCUT2D eigenvalue weighted by Gasteiger charge is -2.45. The third-order valence-electron chi connectivity index (χ3n) is 12.8. The molecule has 0 amide bonds. The Hall–Kier alpha value is -5.58. The van der Waals surface area contributed by atoms with Crippen LogP contribution >= 0.6 is 11.3 Å². The molecule has 0 unspecified atom stereocenters. The lowest BCUT2D eigenvalue weighted by atomic mass is 9.33. The summed E-state index contributed by atoms with van der Waals surface area (Å²) in [5.74, 6) is 0. The highest BCUT2D eigenvalue weighted by molar-refractivity contribution is 7.26. The van der Waals surface area contributed by atoms with Crippen molar-refractivity contribution in [2.75, 3.05) is 9.80 Å². The molecule has 0 bridgehead atoms. The van der Waals surface area contributed by atoms with Crippen LogP contribution in [0.2, 0.25) is 0 Å². The van der Waals surface area contributed by atoms with E-state index < -0.39 is 0 Å². The van der Waals surface area contributed by atoms with Crippen molar-refractivity contribution >= 4 is 88.7 Å². The number of anilines is 6. The second-order valence-electron chi connectivity index (χ2n) is 20.0. The molecule has 4 heteroatoms. The van der Waals surface area contributed by atoms with Gasteiger partial charge in [0.1, 0.15) is 0 Å². The zero-order chi connectivity index (χ0) is 41.2. The van der Waals surface area contributed by atoms with Gasteiger partial charge in [-0.1, -0.05) is 141 Å². The molecule has 2 aliphatic rings. The number of aryl methyl sites for hydroxylation is 1. The summed E-state index contributed by atoms with van der Waals surface area (Å²) in [4.78, 5) is 5.12. The fourth-order valence-corrected chi connectivity index (χ4v) is 10.7. The topological polar surface area (TPSA) is 6.48 Å². The first kappa shape index (κ1) is 37.7. The molecule has 292 valence electrons. The first-order valence-corrected chi connectivity index (χ1v) is 22.0. The summed E-state index contributed by atoms with van der Waals surface area (Å²) in [6.07, 6.45) is 0. The smallest absolute Gasteiger partial charge is 0.252 e. The second-order valence-corrected chi connectivity index (χ2v) is 21.1. The number of fused-ring (bicyclic) bond motifs is 7. The Morgan fingerprint density at radius 3 is 1.61 bits per heavy atom. The van der Waals surface area contributed by atoms with E-state index in [0.717, 1.165) is 0 Å². The number of thiophene rings is 1. The van der Waals surface area contributed by atoms with Crippen molar-refractivity contribution in [2.45, 2.75) is 85.5 Å². The Labute approximate surface area is 355 Å². The van der Waals surface area contributed by atoms with Gasteiger partial charge in [0.15, 0.2) is 0 Å². The molecule has 0 aliphatic carbocycles. The minimum absolute atomic E-state index is 0.00152. The molecule has 2 nitrogen and oxygen atoms in total. The van der Waals surface area contributed by atoms with Gasteiger partial charge in [-0.05, 0) is 134 Å². The van der Waals surface area contributed by atoms with Crippen LogP contribution in [0.4, 0.5) is 34.1 Å². The Balaban J connectivity index is 1.25. The van der Waals surface area contributed by atoms with E-state index >= 15 is 0 Å². The Kier molecular flexibility index (Phi) is 8.44. The average Bonchev–Trinajstić information content (AvgIpc) is 3.58. The minimum atomic E-state index is -0.0102. The van der Waals surface area contributed by atoms with Crippen LogP contribution in [0.3, 0.4) is 0 Å². The molecule has 0 saturated heterocycles. The van der Waals surface area contributed by atoms with Gasteiger partial charge < -0.3 is 9.80 Å². The molecule has 0 saturated carbocycles. The molecule has 2 aliphatic heterocycles. The largest absolute Gasteiger partial charge is 0.311 e. The molecule has 59 heavy (non-hydrogen) atoms. The van der Waals surface area contributed by atoms with Gasteiger partial charge in [-0.15, -0.1) is 11.3 Å². The predicted molar refractivity (Wildman–Crippen MR) is 260 cm³/mol. The zero-order valence-electron chi connectivity index (χ0n) is 36.2. The molecule has 0 atom stereocenters. The maximum absolute atomic E-state index is 2.57. The predicted octanol–water partition coefficient (Wildman–Crippen LogP) is 14.0. The van der Waals surface area contributed by atoms with Crippen molar-refractivity contribution in [3.8, 4) is 11.1 Å². The molecule has 0 N–H and O–H groups in total. The summed E-state index contributed by atoms with van der Waals surface area (Å²) in [6.45, 7) is 23.2. The lowest BCUT2D eigenvalue weighted by molar-refractivity contribution is 0.590. The minimum Gasteiger partial charge on any atom is -0.311 e. The van der Waals surface area contributed by atoms with Crippen LogP contribution in [0.5, 0.6) is 0 Å². The normalized spacial score (nSPS) is 13.8. The van der Waals surface area contributed by atoms with Gasteiger partial charge in [0, 0.05) is 54.3 Å². The van der Waals surface area contributed by atoms with Gasteiger partial charge in [0.05, 0.1) is 0 Å². The Morgan fingerprint density at radius 2 is 1.00 bits per heavy atom. The monoisotopic (exact) mass is 784 g/mol. The van der Waals surface area contributed by atoms with E-state index in [9.17, 15) is 0 Å². The highest BCUT2D eigenvalue weighted by Crippen LogP contribution is 2.47. The first-order valence-electron chi connectivity index (χ1n) is 21.2. The van der Waals surface area contributed by atoms with E-state index in [1.165, 1.54) is 104 Å². The first-order chi connectivity index (χ1) is 28.1. The number of rotatable bonds is 3. The number of hydrogen-bond acceptors (Lipinski definition) is 3. The Bertz CT molecular complexity index is 2970. The number of nitrogens with zero attached hydrogens (tertiary/aromatic N) is 2. The van der Waals surface area contributed by atoms with Gasteiger partial charge in [0.2, 0.25) is 0 Å². The van der Waals surface area contributed by atoms with Crippen molar-refractivity contribution in [2.24, 2.45) is 0 Å². The molecule has 0 radical (unpaired) electrons. The van der Waals surface area contributed by atoms with Crippen LogP contribution in [0, 0.1) is 6.92 Å². The van der Waals surface area contributed by atoms with Crippen LogP contribution in [-0.2, 0) is 16.2 Å². The van der Waals surface area contributed by atoms with E-state index in [1.54, 1.807) is 0 Å². The molecular weight excluding hydrogens is 731 g/mol. The molecule has 10 rings (SSSR count). The summed E-state index contributed by atoms with van der Waals surface area (Å²) in [7, 11) is 0. The molecule has 3 heterocycles. The van der Waals surface area contributed by atoms with E-state index in [2.05, 4.69) is 219 Å². The molecule has 7 aromatic carbocycles. The second kappa shape index (κ2) is 13.2. The lowest BCUT2D eigenvalue weighted by Crippen LogP contribution is -2.61. The number of benzene rings is 7. The summed E-state index contributed by atoms with van der Waals surface area (Å²) in [5.41, 5.74) is 19.3. The third-order valence-corrected chi connectivity index (χ3v) is 13.9. The van der Waals surface area contributed by atoms with E-state index in [0.29, 0.717) is 0 Å². The quantitative estimate of drug-likeness (QED) is 0.165. The van der Waals surface area contributed by atoms with E-state index in [4.69, 9.17) is 0 Å². The summed E-state index contributed by atoms with van der Waals surface area (Å²) < 4.78 is 2.65. The van der Waals surface area contributed by atoms with Gasteiger partial charge in [-0.2, -0.15) is 0 Å². The van der Waals surface area contributed by atoms with Gasteiger partial charge in [-0.3, -0.25) is 0 Å². The standard InChI is InChI=1S/C55H53BN2S/c1-34-29-47-52-48(30-34)58(40-16-13-15-35(31-40)41-18-14-20-50-51(41)42-17-11-12-19-49(42)59-50)46-28-24-38(55(8,9)10)33-44(46)56(52)43-32-37(54(5,6)7)23-27-45(43)57(47)39-25-21-36(22-26-39)53(2,3)4/h11-33H,1-10H3. The summed E-state index contributed by atoms with van der Waals surface area (Å²) in [5, 5.41) is 2.66. The van der Waals surface area contributed by atoms with Gasteiger partial charge in [0.25, 0.3) is 6.71 Å². The molecular formula is C55H53BN2S. The Morgan fingerprint density at radius 1 is 0.458 bits per heavy atom. The average molecular weight is 785 g/mol. The maximum atomic E-state index is 2.57. The molecule has 8 aromatic rings. The summed E-state index contributed by atoms with van der Waals surface area (Å²) >= 11 is 1.88. The van der Waals surface area contributed by atoms with Crippen molar-refractivity contribution < 1.29 is 0 Å². The molecule has 1 aromatic heterocycles. The SMILES string of the molecule is Cc1cc2c3c(c1)N(c1cccc(-c4cccc5sc6ccccc6c45)c1)c1ccc(C(C)(C)C)cc1B3c1cc(C(C)(C)C)ccc1N2c1ccc(C(C)(C)C)cc1. The summed E-state index contributed by atoms with van der Waals surface area (Å²) in [6, 6.07) is 53.7. The van der Waals surface area contributed by atoms with E-state index in [-0.39, 0.29) is 23.0 Å². The van der Waals surface area contributed by atoms with Crippen LogP contribution < -0.4 is 26.2 Å². The van der Waals surface area contributed by atoms with Crippen LogP contribution in [0.15, 0.2) is 140 Å². The van der Waals surface area contributed by atoms with Crippen LogP contribution in [0.1, 0.15) is 84.6 Å². The maximum Gasteiger partial charge on any atom is 0.252 e. The third kappa shape index (κ3) is 6.13. The van der Waals surface area contributed by atoms with Crippen LogP contribution in [-0.4, -0.2) is 6.71 Å². The highest BCUT2D eigenvalue weighted by Gasteiger charge is 2.44. The fraction of sp³-hybridized carbons (Fsp3) is 0.236. The fourth-order valence-electron chi connectivity index (χ4n) is 9.57. The van der Waals surface area contributed by atoms with Crippen molar-refractivity contribution in [3.63, 3.8) is 0 Å². The highest BCUT2D eigenvalue weighted by atomic mass is 32.1. The van der Waals surface area contributed by atoms with Gasteiger partial charge in [-0.25, -0.2) is 0 Å². The number of hydrogen-bond donors (Lipinski definition) is 0. The van der Waals surface area contributed by atoms with Gasteiger partial charge >= 0.3 is 0 Å². The van der Waals surface area contributed by atoms with Crippen molar-refractivity contribution in [1.82, 2.24) is 0 Å². The molecule has 0 fully saturated rings. The van der Waals surface area contributed by atoms with Crippen LogP contribution in [0.25, 0.3) is 31.3 Å². The molecule has 0 spiro atoms. The van der Waals surface area contributed by atoms with E-state index in [1.807, 2.05) is 11.3 Å².